The van der Waals surface area contributed by atoms with E-state index in [1.807, 2.05) is 50.2 Å². The van der Waals surface area contributed by atoms with Crippen LogP contribution in [0.3, 0.4) is 0 Å². The summed E-state index contributed by atoms with van der Waals surface area (Å²) in [4.78, 5) is 26.6. The molecule has 6 nitrogen and oxygen atoms in total. The molecule has 3 aromatic rings. The lowest BCUT2D eigenvalue weighted by atomic mass is 9.99. The molecule has 0 bridgehead atoms. The van der Waals surface area contributed by atoms with E-state index < -0.39 is 0 Å². The molecule has 1 N–H and O–H groups in total. The van der Waals surface area contributed by atoms with E-state index in [1.54, 1.807) is 17.0 Å². The van der Waals surface area contributed by atoms with E-state index in [0.29, 0.717) is 30.3 Å². The average Bonchev–Trinajstić information content (AvgIpc) is 3.28. The Bertz CT molecular complexity index is 1070. The highest BCUT2D eigenvalue weighted by molar-refractivity contribution is 5.92. The summed E-state index contributed by atoms with van der Waals surface area (Å²) >= 11 is 0. The third-order valence-corrected chi connectivity index (χ3v) is 5.37. The quantitative estimate of drug-likeness (QED) is 0.695. The molecule has 30 heavy (non-hydrogen) atoms. The molecule has 2 amide bonds. The van der Waals surface area contributed by atoms with E-state index in [0.717, 1.165) is 17.5 Å². The van der Waals surface area contributed by atoms with Gasteiger partial charge in [-0.2, -0.15) is 0 Å². The van der Waals surface area contributed by atoms with Crippen LogP contribution in [0.4, 0.5) is 5.69 Å². The Hall–Kier alpha value is -3.54. The molecule has 0 radical (unpaired) electrons. The van der Waals surface area contributed by atoms with Crippen molar-refractivity contribution in [3.8, 4) is 5.75 Å². The van der Waals surface area contributed by atoms with Crippen molar-refractivity contribution in [3.63, 3.8) is 0 Å². The normalized spacial score (nSPS) is 12.9. The minimum Gasteiger partial charge on any atom is -0.484 e. The van der Waals surface area contributed by atoms with Crippen molar-refractivity contribution in [3.05, 3.63) is 82.8 Å². The van der Waals surface area contributed by atoms with Crippen molar-refractivity contribution in [1.82, 2.24) is 4.90 Å². The first kappa shape index (κ1) is 19.8. The molecule has 6 heteroatoms. The highest BCUT2D eigenvalue weighted by atomic mass is 16.5. The van der Waals surface area contributed by atoms with Gasteiger partial charge in [0.25, 0.3) is 11.8 Å². The minimum absolute atomic E-state index is 0.0668. The lowest BCUT2D eigenvalue weighted by Crippen LogP contribution is -2.35. The fourth-order valence-corrected chi connectivity index (χ4v) is 3.51. The number of benzene rings is 2. The zero-order valence-corrected chi connectivity index (χ0v) is 17.1. The first-order valence-electron chi connectivity index (χ1n) is 9.94. The smallest absolute Gasteiger partial charge is 0.289 e. The number of hydrogen-bond acceptors (Lipinski definition) is 4. The van der Waals surface area contributed by atoms with E-state index in [4.69, 9.17) is 9.15 Å². The molecule has 0 fully saturated rings. The maximum absolute atomic E-state index is 12.5. The van der Waals surface area contributed by atoms with E-state index in [1.165, 1.54) is 17.4 Å². The Morgan fingerprint density at radius 1 is 1.07 bits per heavy atom. The number of rotatable bonds is 5. The molecule has 0 saturated heterocycles. The molecule has 4 rings (SSSR count). The van der Waals surface area contributed by atoms with Gasteiger partial charge in [0.2, 0.25) is 0 Å². The second-order valence-electron chi connectivity index (χ2n) is 7.52. The Morgan fingerprint density at radius 2 is 1.93 bits per heavy atom. The number of nitrogens with zero attached hydrogens (tertiary/aromatic N) is 1. The van der Waals surface area contributed by atoms with Gasteiger partial charge in [-0.1, -0.05) is 12.1 Å². The van der Waals surface area contributed by atoms with Crippen LogP contribution in [-0.2, 0) is 17.8 Å². The van der Waals surface area contributed by atoms with Crippen molar-refractivity contribution in [2.24, 2.45) is 0 Å². The van der Waals surface area contributed by atoms with Gasteiger partial charge in [0.05, 0.1) is 6.26 Å². The van der Waals surface area contributed by atoms with Crippen LogP contribution in [0, 0.1) is 13.8 Å². The second kappa shape index (κ2) is 8.45. The molecule has 1 aromatic heterocycles. The third kappa shape index (κ3) is 4.38. The van der Waals surface area contributed by atoms with Crippen LogP contribution in [0.2, 0.25) is 0 Å². The van der Waals surface area contributed by atoms with Crippen molar-refractivity contribution in [2.45, 2.75) is 26.8 Å². The number of fused-ring (bicyclic) bond motifs is 1. The average molecular weight is 404 g/mol. The SMILES string of the molecule is Cc1ccc(OCC(=O)Nc2ccc3c(c2)CN(C(=O)c2ccco2)CC3)cc1C. The van der Waals surface area contributed by atoms with Crippen molar-refractivity contribution >= 4 is 17.5 Å². The van der Waals surface area contributed by atoms with Gasteiger partial charge in [0, 0.05) is 18.8 Å². The van der Waals surface area contributed by atoms with Crippen LogP contribution in [0.15, 0.2) is 59.2 Å². The Morgan fingerprint density at radius 3 is 2.70 bits per heavy atom. The standard InChI is InChI=1S/C24H24N2O4/c1-16-5-8-21(12-17(16)2)30-15-23(27)25-20-7-6-18-9-10-26(14-19(18)13-20)24(28)22-4-3-11-29-22/h3-8,11-13H,9-10,14-15H2,1-2H3,(H,25,27). The number of anilines is 1. The summed E-state index contributed by atoms with van der Waals surface area (Å²) < 4.78 is 10.8. The fourth-order valence-electron chi connectivity index (χ4n) is 3.51. The van der Waals surface area contributed by atoms with Crippen molar-refractivity contribution in [1.29, 1.82) is 0 Å². The number of carbonyl (C=O) groups is 2. The number of furan rings is 1. The molecule has 154 valence electrons. The molecule has 0 unspecified atom stereocenters. The Kier molecular flexibility index (Phi) is 5.57. The number of aryl methyl sites for hydroxylation is 2. The van der Waals surface area contributed by atoms with Crippen LogP contribution in [-0.4, -0.2) is 29.9 Å². The molecule has 0 aliphatic carbocycles. The summed E-state index contributed by atoms with van der Waals surface area (Å²) in [6.07, 6.45) is 2.27. The van der Waals surface area contributed by atoms with Gasteiger partial charge in [-0.15, -0.1) is 0 Å². The summed E-state index contributed by atoms with van der Waals surface area (Å²) in [5.41, 5.74) is 5.20. The number of ether oxygens (including phenoxy) is 1. The summed E-state index contributed by atoms with van der Waals surface area (Å²) in [6, 6.07) is 14.9. The second-order valence-corrected chi connectivity index (χ2v) is 7.52. The maximum Gasteiger partial charge on any atom is 0.289 e. The maximum atomic E-state index is 12.5. The number of carbonyl (C=O) groups excluding carboxylic acids is 2. The molecule has 2 heterocycles. The topological polar surface area (TPSA) is 71.8 Å². The third-order valence-electron chi connectivity index (χ3n) is 5.37. The Balaban J connectivity index is 1.37. The number of amides is 2. The van der Waals surface area contributed by atoms with E-state index in [2.05, 4.69) is 5.32 Å². The van der Waals surface area contributed by atoms with Crippen LogP contribution in [0.1, 0.15) is 32.8 Å². The molecule has 0 saturated carbocycles. The Labute approximate surface area is 175 Å². The lowest BCUT2D eigenvalue weighted by Gasteiger charge is -2.28. The van der Waals surface area contributed by atoms with Gasteiger partial charge in [0.1, 0.15) is 5.75 Å². The highest BCUT2D eigenvalue weighted by Gasteiger charge is 2.23. The molecule has 0 atom stereocenters. The van der Waals surface area contributed by atoms with E-state index >= 15 is 0 Å². The van der Waals surface area contributed by atoms with Crippen LogP contribution in [0.5, 0.6) is 5.75 Å². The molecule has 0 spiro atoms. The highest BCUT2D eigenvalue weighted by Crippen LogP contribution is 2.24. The number of nitrogens with one attached hydrogen (secondary N) is 1. The first-order chi connectivity index (χ1) is 14.5. The predicted molar refractivity (Wildman–Crippen MR) is 114 cm³/mol. The summed E-state index contributed by atoms with van der Waals surface area (Å²) in [7, 11) is 0. The molecule has 1 aliphatic heterocycles. The summed E-state index contributed by atoms with van der Waals surface area (Å²) in [6.45, 7) is 5.10. The van der Waals surface area contributed by atoms with Gasteiger partial charge in [0.15, 0.2) is 12.4 Å². The minimum atomic E-state index is -0.229. The monoisotopic (exact) mass is 404 g/mol. The number of hydrogen-bond donors (Lipinski definition) is 1. The van der Waals surface area contributed by atoms with Crippen LogP contribution in [0.25, 0.3) is 0 Å². The summed E-state index contributed by atoms with van der Waals surface area (Å²) in [5, 5.41) is 2.87. The van der Waals surface area contributed by atoms with E-state index in [9.17, 15) is 9.59 Å². The first-order valence-corrected chi connectivity index (χ1v) is 9.94. The van der Waals surface area contributed by atoms with Crippen molar-refractivity contribution < 1.29 is 18.7 Å². The predicted octanol–water partition coefficient (Wildman–Crippen LogP) is 4.11. The van der Waals surface area contributed by atoms with Crippen LogP contribution >= 0.6 is 0 Å². The largest absolute Gasteiger partial charge is 0.484 e. The zero-order valence-electron chi connectivity index (χ0n) is 17.1. The van der Waals surface area contributed by atoms with Gasteiger partial charge in [-0.3, -0.25) is 9.59 Å². The van der Waals surface area contributed by atoms with E-state index in [-0.39, 0.29) is 18.4 Å². The summed E-state index contributed by atoms with van der Waals surface area (Å²) in [5.74, 6) is 0.659. The molecular weight excluding hydrogens is 380 g/mol. The van der Waals surface area contributed by atoms with Crippen LogP contribution < -0.4 is 10.1 Å². The molecular formula is C24H24N2O4. The lowest BCUT2D eigenvalue weighted by molar-refractivity contribution is -0.118. The van der Waals surface area contributed by atoms with Crippen molar-refractivity contribution in [2.75, 3.05) is 18.5 Å². The van der Waals surface area contributed by atoms with Gasteiger partial charge in [-0.05, 0) is 78.9 Å². The fraction of sp³-hybridized carbons (Fsp3) is 0.250. The zero-order chi connectivity index (χ0) is 21.1. The molecule has 2 aromatic carbocycles. The van der Waals surface area contributed by atoms with Gasteiger partial charge in [-0.25, -0.2) is 0 Å². The van der Waals surface area contributed by atoms with Gasteiger partial charge >= 0.3 is 0 Å². The van der Waals surface area contributed by atoms with Gasteiger partial charge < -0.3 is 19.4 Å². The molecule has 1 aliphatic rings.